The van der Waals surface area contributed by atoms with Gasteiger partial charge in [0.2, 0.25) is 5.78 Å². The summed E-state index contributed by atoms with van der Waals surface area (Å²) in [6, 6.07) is 8.01. The van der Waals surface area contributed by atoms with Crippen LogP contribution in [0.15, 0.2) is 47.2 Å². The Kier molecular flexibility index (Phi) is 8.11. The Bertz CT molecular complexity index is 1620. The molecule has 2 aromatic rings. The van der Waals surface area contributed by atoms with Gasteiger partial charge in [0.25, 0.3) is 5.91 Å². The Labute approximate surface area is 256 Å². The van der Waals surface area contributed by atoms with Crippen molar-refractivity contribution >= 4 is 23.2 Å². The molecule has 234 valence electrons. The Balaban J connectivity index is 1.67. The maximum Gasteiger partial charge on any atom is 0.255 e. The zero-order valence-electron chi connectivity index (χ0n) is 25.7. The van der Waals surface area contributed by atoms with Gasteiger partial charge in [-0.3, -0.25) is 19.3 Å². The maximum atomic E-state index is 14.1. The number of aliphatic hydroxyl groups is 3. The van der Waals surface area contributed by atoms with E-state index in [0.29, 0.717) is 22.8 Å². The monoisotopic (exact) mass is 604 g/mol. The highest BCUT2D eigenvalue weighted by Crippen LogP contribution is 2.54. The Morgan fingerprint density at radius 1 is 1.11 bits per heavy atom. The zero-order chi connectivity index (χ0) is 32.2. The fraction of sp³-hybridized carbons (Fsp3) is 0.441. The number of primary amides is 1. The molecule has 1 saturated carbocycles. The van der Waals surface area contributed by atoms with Gasteiger partial charge in [-0.25, -0.2) is 0 Å². The van der Waals surface area contributed by atoms with Crippen LogP contribution in [-0.4, -0.2) is 75.6 Å². The number of phenols is 1. The van der Waals surface area contributed by atoms with Crippen molar-refractivity contribution in [2.45, 2.75) is 57.6 Å². The number of benzene rings is 2. The van der Waals surface area contributed by atoms with Crippen LogP contribution < -0.4 is 10.5 Å². The summed E-state index contributed by atoms with van der Waals surface area (Å²) < 4.78 is 5.71. The van der Waals surface area contributed by atoms with Crippen molar-refractivity contribution in [3.05, 3.63) is 63.9 Å². The number of carbonyl (C=O) groups excluding carboxylic acids is 3. The van der Waals surface area contributed by atoms with Crippen molar-refractivity contribution < 1.29 is 39.5 Å². The highest BCUT2D eigenvalue weighted by atomic mass is 16.5. The third-order valence-electron chi connectivity index (χ3n) is 9.41. The smallest absolute Gasteiger partial charge is 0.255 e. The van der Waals surface area contributed by atoms with Crippen LogP contribution in [-0.2, 0) is 27.2 Å². The molecule has 3 aliphatic rings. The zero-order valence-corrected chi connectivity index (χ0v) is 25.7. The standard InChI is InChI=1S/C34H40N2O8/c1-16(2)7-6-8-17-9-12-24(44-5)20(13-17)19-10-11-23(37)26-21(19)14-18-15-22-28(36(3)4)30(39)27(33(35)42)32(41)34(22,43)31(40)25(18)29(26)38/h9-13,16,18,22,28,37-38,41,43H,6-8,14-15H2,1-5H3,(H2,35,42)/t18-,22-,28-,34-/m1/s1. The van der Waals surface area contributed by atoms with E-state index in [1.807, 2.05) is 18.2 Å². The number of hydrogen-bond acceptors (Lipinski definition) is 9. The lowest BCUT2D eigenvalue weighted by Gasteiger charge is -2.50. The minimum atomic E-state index is -2.68. The number of Topliss-reactive ketones (excluding diaryl/α,β-unsaturated/α-hetero) is 2. The highest BCUT2D eigenvalue weighted by Gasteiger charge is 2.64. The molecule has 10 heteroatoms. The van der Waals surface area contributed by atoms with Gasteiger partial charge in [-0.15, -0.1) is 0 Å². The molecule has 0 unspecified atom stereocenters. The number of amides is 1. The largest absolute Gasteiger partial charge is 0.508 e. The second-order valence-electron chi connectivity index (χ2n) is 12.8. The average Bonchev–Trinajstić information content (AvgIpc) is 2.94. The number of ketones is 2. The first-order chi connectivity index (χ1) is 20.7. The lowest BCUT2D eigenvalue weighted by molar-refractivity contribution is -0.153. The Hall–Kier alpha value is -4.15. The van der Waals surface area contributed by atoms with Gasteiger partial charge in [-0.1, -0.05) is 32.4 Å². The van der Waals surface area contributed by atoms with Gasteiger partial charge in [-0.05, 0) is 86.5 Å². The normalized spacial score (nSPS) is 24.9. The molecule has 2 aromatic carbocycles. The van der Waals surface area contributed by atoms with Crippen LogP contribution in [0.5, 0.6) is 11.5 Å². The number of nitrogens with two attached hydrogens (primary N) is 1. The minimum Gasteiger partial charge on any atom is -0.508 e. The molecule has 4 atom stereocenters. The predicted molar refractivity (Wildman–Crippen MR) is 164 cm³/mol. The van der Waals surface area contributed by atoms with Gasteiger partial charge < -0.3 is 30.9 Å². The van der Waals surface area contributed by atoms with Gasteiger partial charge in [-0.2, -0.15) is 0 Å². The number of nitrogens with zero attached hydrogens (tertiary/aromatic N) is 1. The van der Waals surface area contributed by atoms with Crippen LogP contribution in [0, 0.1) is 17.8 Å². The van der Waals surface area contributed by atoms with Crippen LogP contribution in [0.1, 0.15) is 49.8 Å². The molecule has 0 heterocycles. The molecule has 10 nitrogen and oxygen atoms in total. The summed E-state index contributed by atoms with van der Waals surface area (Å²) in [7, 11) is 4.72. The first kappa shape index (κ1) is 31.3. The molecule has 1 fully saturated rings. The van der Waals surface area contributed by atoms with Gasteiger partial charge in [0.15, 0.2) is 11.4 Å². The number of fused-ring (bicyclic) bond motifs is 3. The van der Waals surface area contributed by atoms with Gasteiger partial charge >= 0.3 is 0 Å². The van der Waals surface area contributed by atoms with Crippen LogP contribution in [0.4, 0.5) is 0 Å². The molecule has 0 aliphatic heterocycles. The maximum absolute atomic E-state index is 14.1. The topological polar surface area (TPSA) is 171 Å². The quantitative estimate of drug-likeness (QED) is 0.282. The van der Waals surface area contributed by atoms with Crippen LogP contribution in [0.3, 0.4) is 0 Å². The molecule has 1 amide bonds. The molecule has 0 bridgehead atoms. The number of phenolic OH excluding ortho intramolecular Hbond substituents is 1. The predicted octanol–water partition coefficient (Wildman–Crippen LogP) is 3.62. The second-order valence-corrected chi connectivity index (χ2v) is 12.8. The van der Waals surface area contributed by atoms with Crippen molar-refractivity contribution in [2.75, 3.05) is 21.2 Å². The van der Waals surface area contributed by atoms with E-state index in [1.165, 1.54) is 11.0 Å². The van der Waals surface area contributed by atoms with E-state index in [9.17, 15) is 34.8 Å². The second kappa shape index (κ2) is 11.4. The van der Waals surface area contributed by atoms with E-state index >= 15 is 0 Å². The van der Waals surface area contributed by atoms with Crippen molar-refractivity contribution in [2.24, 2.45) is 23.5 Å². The third-order valence-corrected chi connectivity index (χ3v) is 9.41. The molecule has 0 saturated heterocycles. The first-order valence-corrected chi connectivity index (χ1v) is 14.9. The number of ether oxygens (including phenoxy) is 1. The first-order valence-electron chi connectivity index (χ1n) is 14.9. The third kappa shape index (κ3) is 4.77. The SMILES string of the molecule is COc1ccc(CCCC(C)C)cc1-c1ccc(O)c2c1C[C@@H]1C[C@@H]3[C@@H](N(C)C)C(=O)C(C(N)=O)=C(O)[C@]3(O)C(=O)C1=C2O. The van der Waals surface area contributed by atoms with Crippen molar-refractivity contribution in [1.29, 1.82) is 0 Å². The molecule has 0 radical (unpaired) electrons. The molecule has 6 N–H and O–H groups in total. The molecule has 0 aromatic heterocycles. The van der Waals surface area contributed by atoms with E-state index in [2.05, 4.69) is 13.8 Å². The van der Waals surface area contributed by atoms with Crippen molar-refractivity contribution in [1.82, 2.24) is 4.90 Å². The summed E-state index contributed by atoms with van der Waals surface area (Å²) in [5, 5.41) is 45.4. The summed E-state index contributed by atoms with van der Waals surface area (Å²) >= 11 is 0. The summed E-state index contributed by atoms with van der Waals surface area (Å²) in [5.41, 5.74) is 4.94. The Morgan fingerprint density at radius 2 is 1.82 bits per heavy atom. The van der Waals surface area contributed by atoms with E-state index < -0.39 is 58.0 Å². The van der Waals surface area contributed by atoms with E-state index in [-0.39, 0.29) is 29.7 Å². The summed E-state index contributed by atoms with van der Waals surface area (Å²) in [5.74, 6) is -5.59. The summed E-state index contributed by atoms with van der Waals surface area (Å²) in [6.45, 7) is 4.37. The van der Waals surface area contributed by atoms with E-state index in [0.717, 1.165) is 30.4 Å². The summed E-state index contributed by atoms with van der Waals surface area (Å²) in [4.78, 5) is 41.1. The molecule has 44 heavy (non-hydrogen) atoms. The van der Waals surface area contributed by atoms with E-state index in [4.69, 9.17) is 10.5 Å². The number of likely N-dealkylation sites (N-methyl/N-ethyl adjacent to an activating group) is 1. The van der Waals surface area contributed by atoms with Crippen LogP contribution >= 0.6 is 0 Å². The fourth-order valence-corrected chi connectivity index (χ4v) is 7.33. The van der Waals surface area contributed by atoms with Crippen molar-refractivity contribution in [3.63, 3.8) is 0 Å². The van der Waals surface area contributed by atoms with E-state index in [1.54, 1.807) is 27.3 Å². The van der Waals surface area contributed by atoms with Gasteiger partial charge in [0.1, 0.15) is 28.6 Å². The number of methoxy groups -OCH3 is 1. The lowest BCUT2D eigenvalue weighted by Crippen LogP contribution is -2.65. The van der Waals surface area contributed by atoms with Crippen molar-refractivity contribution in [3.8, 4) is 22.6 Å². The molecule has 5 rings (SSSR count). The number of hydrogen-bond donors (Lipinski definition) is 5. The minimum absolute atomic E-state index is 0.0211. The number of rotatable bonds is 8. The van der Waals surface area contributed by atoms with Gasteiger partial charge in [0, 0.05) is 17.1 Å². The highest BCUT2D eigenvalue weighted by molar-refractivity contribution is 6.24. The van der Waals surface area contributed by atoms with Crippen LogP contribution in [0.2, 0.25) is 0 Å². The fourth-order valence-electron chi connectivity index (χ4n) is 7.33. The van der Waals surface area contributed by atoms with Crippen LogP contribution in [0.25, 0.3) is 16.9 Å². The number of aliphatic hydroxyl groups excluding tert-OH is 2. The average molecular weight is 605 g/mol. The number of aromatic hydroxyl groups is 1. The summed E-state index contributed by atoms with van der Waals surface area (Å²) in [6.07, 6.45) is 3.18. The number of aryl methyl sites for hydroxylation is 1. The molecule has 3 aliphatic carbocycles. The lowest BCUT2D eigenvalue weighted by atomic mass is 9.57. The molecular weight excluding hydrogens is 564 g/mol. The number of carbonyl (C=O) groups is 3. The molecule has 0 spiro atoms. The Morgan fingerprint density at radius 3 is 2.43 bits per heavy atom. The molecular formula is C34H40N2O8. The van der Waals surface area contributed by atoms with Gasteiger partial charge in [0.05, 0.1) is 18.7 Å².